The minimum Gasteiger partial charge on any atom is -0.397 e. The molecule has 0 radical (unpaired) electrons. The maximum Gasteiger partial charge on any atom is 0.144 e. The van der Waals surface area contributed by atoms with Crippen molar-refractivity contribution in [3.05, 3.63) is 23.0 Å². The fraction of sp³-hybridized carbons (Fsp3) is 0.538. The second kappa shape index (κ2) is 5.76. The Morgan fingerprint density at radius 3 is 3.06 bits per heavy atom. The molecule has 2 rings (SSSR count). The third kappa shape index (κ3) is 2.87. The molecule has 1 heterocycles. The van der Waals surface area contributed by atoms with E-state index in [1.54, 1.807) is 7.11 Å². The number of hydrogen-bond acceptors (Lipinski definition) is 3. The fourth-order valence-electron chi connectivity index (χ4n) is 2.48. The van der Waals surface area contributed by atoms with E-state index in [9.17, 15) is 4.39 Å². The van der Waals surface area contributed by atoms with Gasteiger partial charge in [0.2, 0.25) is 0 Å². The van der Waals surface area contributed by atoms with Crippen molar-refractivity contribution in [2.75, 3.05) is 37.4 Å². The monoisotopic (exact) mass is 272 g/mol. The summed E-state index contributed by atoms with van der Waals surface area (Å²) < 4.78 is 18.7. The van der Waals surface area contributed by atoms with Gasteiger partial charge in [-0.1, -0.05) is 11.6 Å². The topological polar surface area (TPSA) is 38.5 Å². The van der Waals surface area contributed by atoms with Gasteiger partial charge in [-0.05, 0) is 24.8 Å². The first-order valence-electron chi connectivity index (χ1n) is 6.10. The van der Waals surface area contributed by atoms with Crippen LogP contribution in [0.3, 0.4) is 0 Å². The van der Waals surface area contributed by atoms with Crippen LogP contribution in [-0.4, -0.2) is 26.8 Å². The molecule has 1 atom stereocenters. The predicted molar refractivity (Wildman–Crippen MR) is 72.6 cm³/mol. The summed E-state index contributed by atoms with van der Waals surface area (Å²) in [6, 6.07) is 2.90. The SMILES string of the molecule is COCC1CCCN(c2cc(F)c(Cl)cc2N)C1. The molecule has 5 heteroatoms. The minimum absolute atomic E-state index is 0.0710. The highest BCUT2D eigenvalue weighted by Gasteiger charge is 2.22. The van der Waals surface area contributed by atoms with E-state index in [0.717, 1.165) is 38.2 Å². The number of anilines is 2. The Morgan fingerprint density at radius 1 is 1.56 bits per heavy atom. The second-order valence-corrected chi connectivity index (χ2v) is 5.14. The number of nitrogens with zero attached hydrogens (tertiary/aromatic N) is 1. The highest BCUT2D eigenvalue weighted by atomic mass is 35.5. The summed E-state index contributed by atoms with van der Waals surface area (Å²) in [5.74, 6) is 0.0524. The molecule has 1 fully saturated rings. The zero-order valence-corrected chi connectivity index (χ0v) is 11.2. The van der Waals surface area contributed by atoms with Crippen LogP contribution in [0.25, 0.3) is 0 Å². The molecule has 0 spiro atoms. The summed E-state index contributed by atoms with van der Waals surface area (Å²) in [6.45, 7) is 2.47. The minimum atomic E-state index is -0.422. The molecule has 18 heavy (non-hydrogen) atoms. The Bertz CT molecular complexity index is 426. The fourth-order valence-corrected chi connectivity index (χ4v) is 2.65. The highest BCUT2D eigenvalue weighted by molar-refractivity contribution is 6.31. The van der Waals surface area contributed by atoms with Gasteiger partial charge in [-0.3, -0.25) is 0 Å². The summed E-state index contributed by atoms with van der Waals surface area (Å²) in [4.78, 5) is 2.11. The highest BCUT2D eigenvalue weighted by Crippen LogP contribution is 2.32. The molecule has 1 saturated heterocycles. The zero-order valence-electron chi connectivity index (χ0n) is 10.5. The van der Waals surface area contributed by atoms with Gasteiger partial charge in [0.25, 0.3) is 0 Å². The molecule has 1 aromatic rings. The molecule has 2 N–H and O–H groups in total. The predicted octanol–water partition coefficient (Wildman–Crippen LogP) is 2.92. The van der Waals surface area contributed by atoms with Crippen LogP contribution in [0.5, 0.6) is 0 Å². The number of nitrogens with two attached hydrogens (primary N) is 1. The van der Waals surface area contributed by atoms with Crippen LogP contribution in [0.2, 0.25) is 5.02 Å². The van der Waals surface area contributed by atoms with E-state index in [1.165, 1.54) is 12.1 Å². The average molecular weight is 273 g/mol. The van der Waals surface area contributed by atoms with E-state index in [-0.39, 0.29) is 5.02 Å². The third-order valence-corrected chi connectivity index (χ3v) is 3.62. The van der Waals surface area contributed by atoms with Crippen LogP contribution in [-0.2, 0) is 4.74 Å². The maximum absolute atomic E-state index is 13.5. The molecular formula is C13H18ClFN2O. The summed E-state index contributed by atoms with van der Waals surface area (Å²) in [6.07, 6.45) is 2.21. The smallest absolute Gasteiger partial charge is 0.144 e. The first-order chi connectivity index (χ1) is 8.61. The summed E-state index contributed by atoms with van der Waals surface area (Å²) >= 11 is 5.71. The van der Waals surface area contributed by atoms with Crippen molar-refractivity contribution in [1.82, 2.24) is 0 Å². The Morgan fingerprint density at radius 2 is 2.33 bits per heavy atom. The quantitative estimate of drug-likeness (QED) is 0.860. The lowest BCUT2D eigenvalue weighted by atomic mass is 9.98. The molecule has 0 amide bonds. The van der Waals surface area contributed by atoms with Crippen molar-refractivity contribution < 1.29 is 9.13 Å². The van der Waals surface area contributed by atoms with Crippen LogP contribution in [0, 0.1) is 11.7 Å². The normalized spacial score (nSPS) is 20.2. The largest absolute Gasteiger partial charge is 0.397 e. The number of methoxy groups -OCH3 is 1. The van der Waals surface area contributed by atoms with Gasteiger partial charge >= 0.3 is 0 Å². The molecule has 1 aromatic carbocycles. The first kappa shape index (κ1) is 13.4. The van der Waals surface area contributed by atoms with Gasteiger partial charge in [-0.15, -0.1) is 0 Å². The summed E-state index contributed by atoms with van der Waals surface area (Å²) in [7, 11) is 1.70. The van der Waals surface area contributed by atoms with Crippen LogP contribution in [0.1, 0.15) is 12.8 Å². The Kier molecular flexibility index (Phi) is 4.30. The van der Waals surface area contributed by atoms with Crippen LogP contribution in [0.15, 0.2) is 12.1 Å². The number of rotatable bonds is 3. The Balaban J connectivity index is 2.18. The first-order valence-corrected chi connectivity index (χ1v) is 6.48. The molecule has 0 aromatic heterocycles. The standard InChI is InChI=1S/C13H18ClFN2O/c1-18-8-9-3-2-4-17(7-9)13-6-11(15)10(14)5-12(13)16/h5-6,9H,2-4,7-8,16H2,1H3. The van der Waals surface area contributed by atoms with E-state index in [0.29, 0.717) is 11.6 Å². The van der Waals surface area contributed by atoms with E-state index in [4.69, 9.17) is 22.1 Å². The molecule has 0 aliphatic carbocycles. The van der Waals surface area contributed by atoms with Crippen molar-refractivity contribution >= 4 is 23.0 Å². The lowest BCUT2D eigenvalue weighted by molar-refractivity contribution is 0.143. The van der Waals surface area contributed by atoms with Gasteiger partial charge in [0.1, 0.15) is 5.82 Å². The lowest BCUT2D eigenvalue weighted by Crippen LogP contribution is -2.37. The van der Waals surface area contributed by atoms with Crippen molar-refractivity contribution in [1.29, 1.82) is 0 Å². The van der Waals surface area contributed by atoms with E-state index >= 15 is 0 Å². The molecule has 1 unspecified atom stereocenters. The molecular weight excluding hydrogens is 255 g/mol. The number of ether oxygens (including phenoxy) is 1. The number of hydrogen-bond donors (Lipinski definition) is 1. The molecule has 3 nitrogen and oxygen atoms in total. The van der Waals surface area contributed by atoms with Crippen molar-refractivity contribution in [3.8, 4) is 0 Å². The molecule has 0 bridgehead atoms. The second-order valence-electron chi connectivity index (χ2n) is 4.73. The summed E-state index contributed by atoms with van der Waals surface area (Å²) in [5.41, 5.74) is 7.18. The van der Waals surface area contributed by atoms with E-state index in [1.807, 2.05) is 0 Å². The molecule has 1 aliphatic rings. The lowest BCUT2D eigenvalue weighted by Gasteiger charge is -2.34. The number of halogens is 2. The van der Waals surface area contributed by atoms with Crippen LogP contribution in [0.4, 0.5) is 15.8 Å². The third-order valence-electron chi connectivity index (χ3n) is 3.33. The van der Waals surface area contributed by atoms with E-state index < -0.39 is 5.82 Å². The van der Waals surface area contributed by atoms with Gasteiger partial charge in [0.05, 0.1) is 23.0 Å². The molecule has 1 aliphatic heterocycles. The van der Waals surface area contributed by atoms with Crippen LogP contribution < -0.4 is 10.6 Å². The van der Waals surface area contributed by atoms with E-state index in [2.05, 4.69) is 4.90 Å². The van der Waals surface area contributed by atoms with Crippen molar-refractivity contribution in [2.24, 2.45) is 5.92 Å². The summed E-state index contributed by atoms with van der Waals surface area (Å²) in [5, 5.41) is 0.0710. The van der Waals surface area contributed by atoms with Crippen LogP contribution >= 0.6 is 11.6 Å². The number of piperidine rings is 1. The van der Waals surface area contributed by atoms with Gasteiger partial charge < -0.3 is 15.4 Å². The molecule has 100 valence electrons. The maximum atomic E-state index is 13.5. The van der Waals surface area contributed by atoms with Crippen molar-refractivity contribution in [2.45, 2.75) is 12.8 Å². The molecule has 0 saturated carbocycles. The zero-order chi connectivity index (χ0) is 13.1. The van der Waals surface area contributed by atoms with Gasteiger partial charge in [-0.2, -0.15) is 0 Å². The van der Waals surface area contributed by atoms with Gasteiger partial charge in [-0.25, -0.2) is 4.39 Å². The van der Waals surface area contributed by atoms with Gasteiger partial charge in [0.15, 0.2) is 0 Å². The van der Waals surface area contributed by atoms with Gasteiger partial charge in [0, 0.05) is 26.3 Å². The Labute approximate surface area is 112 Å². The Hall–Kier alpha value is -1.00. The number of benzene rings is 1. The average Bonchev–Trinajstić information content (AvgIpc) is 2.34. The van der Waals surface area contributed by atoms with Crippen molar-refractivity contribution in [3.63, 3.8) is 0 Å². The number of nitrogen functional groups attached to an aromatic ring is 1.